The van der Waals surface area contributed by atoms with Gasteiger partial charge in [0.05, 0.1) is 15.8 Å². The highest BCUT2D eigenvalue weighted by Crippen LogP contribution is 2.18. The van der Waals surface area contributed by atoms with Gasteiger partial charge in [-0.2, -0.15) is 0 Å². The molecule has 0 aromatic heterocycles. The van der Waals surface area contributed by atoms with Crippen LogP contribution in [0.5, 0.6) is 0 Å². The van der Waals surface area contributed by atoms with Crippen LogP contribution in [0.15, 0.2) is 0 Å². The van der Waals surface area contributed by atoms with Gasteiger partial charge in [-0.15, -0.1) is 0 Å². The SMILES string of the molecule is CC1NCC1COSI. The summed E-state index contributed by atoms with van der Waals surface area (Å²) in [6.07, 6.45) is 0. The molecule has 0 aliphatic carbocycles. The van der Waals surface area contributed by atoms with Crippen molar-refractivity contribution < 1.29 is 4.18 Å². The van der Waals surface area contributed by atoms with Gasteiger partial charge in [0.15, 0.2) is 0 Å². The first-order valence-corrected chi connectivity index (χ1v) is 6.26. The molecular formula is C5H10INOS. The maximum Gasteiger partial charge on any atom is 0.0678 e. The van der Waals surface area contributed by atoms with Crippen molar-refractivity contribution in [2.24, 2.45) is 5.92 Å². The van der Waals surface area contributed by atoms with E-state index < -0.39 is 0 Å². The van der Waals surface area contributed by atoms with Crippen LogP contribution in [0, 0.1) is 5.92 Å². The van der Waals surface area contributed by atoms with Crippen LogP contribution in [-0.4, -0.2) is 19.2 Å². The molecule has 4 heteroatoms. The first-order valence-electron chi connectivity index (χ1n) is 2.98. The lowest BCUT2D eigenvalue weighted by atomic mass is 9.95. The third kappa shape index (κ3) is 2.25. The molecule has 0 aromatic carbocycles. The summed E-state index contributed by atoms with van der Waals surface area (Å²) in [6.45, 7) is 4.20. The maximum absolute atomic E-state index is 5.17. The maximum atomic E-state index is 5.17. The van der Waals surface area contributed by atoms with Gasteiger partial charge in [-0.25, -0.2) is 0 Å². The summed E-state index contributed by atoms with van der Waals surface area (Å²) in [5.41, 5.74) is 0. The van der Waals surface area contributed by atoms with Crippen molar-refractivity contribution in [3.63, 3.8) is 0 Å². The standard InChI is InChI=1S/C5H10INOS/c1-4-5(2-7-4)3-8-9-6/h4-5,7H,2-3H2,1H3. The monoisotopic (exact) mass is 259 g/mol. The Morgan fingerprint density at radius 3 is 3.00 bits per heavy atom. The Kier molecular flexibility index (Phi) is 3.60. The van der Waals surface area contributed by atoms with Crippen molar-refractivity contribution in [1.29, 1.82) is 0 Å². The Morgan fingerprint density at radius 1 is 1.89 bits per heavy atom. The Balaban J connectivity index is 1.99. The van der Waals surface area contributed by atoms with Gasteiger partial charge in [0.2, 0.25) is 0 Å². The molecule has 2 unspecified atom stereocenters. The van der Waals surface area contributed by atoms with E-state index in [-0.39, 0.29) is 0 Å². The Labute approximate surface area is 71.9 Å². The van der Waals surface area contributed by atoms with Crippen molar-refractivity contribution in [3.8, 4) is 0 Å². The topological polar surface area (TPSA) is 21.3 Å². The van der Waals surface area contributed by atoms with Gasteiger partial charge in [0.1, 0.15) is 0 Å². The van der Waals surface area contributed by atoms with Crippen LogP contribution in [0.3, 0.4) is 0 Å². The van der Waals surface area contributed by atoms with Crippen molar-refractivity contribution in [2.45, 2.75) is 13.0 Å². The lowest BCUT2D eigenvalue weighted by Crippen LogP contribution is -2.52. The molecular weight excluding hydrogens is 249 g/mol. The molecule has 1 rings (SSSR count). The number of hydrogen-bond donors (Lipinski definition) is 1. The zero-order valence-corrected chi connectivity index (χ0v) is 8.24. The Hall–Kier alpha value is 1.00. The first-order chi connectivity index (χ1) is 4.34. The average Bonchev–Trinajstić information content (AvgIpc) is 1.86. The van der Waals surface area contributed by atoms with Crippen molar-refractivity contribution >= 4 is 30.4 Å². The van der Waals surface area contributed by atoms with Crippen LogP contribution in [0.4, 0.5) is 0 Å². The van der Waals surface area contributed by atoms with Crippen molar-refractivity contribution in [2.75, 3.05) is 13.2 Å². The molecule has 1 aliphatic rings. The van der Waals surface area contributed by atoms with Crippen LogP contribution in [0.25, 0.3) is 0 Å². The second-order valence-electron chi connectivity index (χ2n) is 2.30. The average molecular weight is 259 g/mol. The summed E-state index contributed by atoms with van der Waals surface area (Å²) >= 11 is 2.14. The molecule has 0 spiro atoms. The largest absolute Gasteiger partial charge is 0.313 e. The van der Waals surface area contributed by atoms with Crippen molar-refractivity contribution in [1.82, 2.24) is 5.32 Å². The minimum absolute atomic E-state index is 0.661. The lowest BCUT2D eigenvalue weighted by Gasteiger charge is -2.34. The van der Waals surface area contributed by atoms with Crippen LogP contribution >= 0.6 is 30.4 Å². The fourth-order valence-electron chi connectivity index (χ4n) is 0.837. The highest BCUT2D eigenvalue weighted by atomic mass is 127. The Morgan fingerprint density at radius 2 is 2.67 bits per heavy atom. The third-order valence-electron chi connectivity index (χ3n) is 1.74. The zero-order chi connectivity index (χ0) is 6.69. The zero-order valence-electron chi connectivity index (χ0n) is 5.26. The summed E-state index contributed by atoms with van der Waals surface area (Å²) < 4.78 is 5.17. The van der Waals surface area contributed by atoms with Gasteiger partial charge in [-0.3, -0.25) is 0 Å². The smallest absolute Gasteiger partial charge is 0.0678 e. The summed E-state index contributed by atoms with van der Waals surface area (Å²) in [6, 6.07) is 0.661. The predicted molar refractivity (Wildman–Crippen MR) is 48.5 cm³/mol. The second kappa shape index (κ2) is 4.00. The minimum Gasteiger partial charge on any atom is -0.313 e. The normalized spacial score (nSPS) is 34.0. The molecule has 2 atom stereocenters. The molecule has 1 N–H and O–H groups in total. The summed E-state index contributed by atoms with van der Waals surface area (Å²) in [7, 11) is 1.42. The molecule has 1 heterocycles. The van der Waals surface area contributed by atoms with Gasteiger partial charge >= 0.3 is 0 Å². The quantitative estimate of drug-likeness (QED) is 0.614. The van der Waals surface area contributed by atoms with E-state index >= 15 is 0 Å². The molecule has 54 valence electrons. The molecule has 0 aromatic rings. The van der Waals surface area contributed by atoms with E-state index in [0.717, 1.165) is 19.1 Å². The van der Waals surface area contributed by atoms with E-state index in [1.165, 1.54) is 9.21 Å². The molecule has 0 amide bonds. The van der Waals surface area contributed by atoms with Gasteiger partial charge < -0.3 is 9.50 Å². The number of rotatable bonds is 3. The van der Waals surface area contributed by atoms with Crippen LogP contribution in [0.2, 0.25) is 0 Å². The van der Waals surface area contributed by atoms with Crippen LogP contribution in [-0.2, 0) is 4.18 Å². The number of nitrogens with one attached hydrogen (secondary N) is 1. The fourth-order valence-corrected chi connectivity index (χ4v) is 1.50. The fraction of sp³-hybridized carbons (Fsp3) is 1.00. The molecule has 1 saturated heterocycles. The van der Waals surface area contributed by atoms with Gasteiger partial charge in [0, 0.05) is 39.7 Å². The highest BCUT2D eigenvalue weighted by Gasteiger charge is 2.25. The van der Waals surface area contributed by atoms with Gasteiger partial charge in [-0.1, -0.05) is 0 Å². The second-order valence-corrected chi connectivity index (χ2v) is 3.74. The molecule has 0 saturated carbocycles. The predicted octanol–water partition coefficient (Wildman–Crippen LogP) is 1.61. The molecule has 0 bridgehead atoms. The van der Waals surface area contributed by atoms with Crippen molar-refractivity contribution in [3.05, 3.63) is 0 Å². The van der Waals surface area contributed by atoms with E-state index in [4.69, 9.17) is 4.18 Å². The summed E-state index contributed by atoms with van der Waals surface area (Å²) in [4.78, 5) is 0. The van der Waals surface area contributed by atoms with E-state index in [2.05, 4.69) is 33.4 Å². The number of halogens is 1. The van der Waals surface area contributed by atoms with Crippen LogP contribution in [0.1, 0.15) is 6.92 Å². The molecule has 0 radical (unpaired) electrons. The molecule has 1 aliphatic heterocycles. The molecule has 1 fully saturated rings. The minimum atomic E-state index is 0.661. The van der Waals surface area contributed by atoms with E-state index in [9.17, 15) is 0 Å². The molecule has 2 nitrogen and oxygen atoms in total. The third-order valence-corrected chi connectivity index (χ3v) is 2.72. The summed E-state index contributed by atoms with van der Waals surface area (Å²) in [5.74, 6) is 0.743. The van der Waals surface area contributed by atoms with E-state index in [1.54, 1.807) is 0 Å². The number of hydrogen-bond acceptors (Lipinski definition) is 3. The highest BCUT2D eigenvalue weighted by molar-refractivity contribution is 14.2. The summed E-state index contributed by atoms with van der Waals surface area (Å²) in [5, 5.41) is 3.28. The first kappa shape index (κ1) is 8.10. The van der Waals surface area contributed by atoms with E-state index in [1.807, 2.05) is 0 Å². The van der Waals surface area contributed by atoms with Crippen LogP contribution < -0.4 is 5.32 Å². The van der Waals surface area contributed by atoms with Gasteiger partial charge in [0.25, 0.3) is 0 Å². The van der Waals surface area contributed by atoms with E-state index in [0.29, 0.717) is 6.04 Å². The molecule has 9 heavy (non-hydrogen) atoms. The van der Waals surface area contributed by atoms with Gasteiger partial charge in [-0.05, 0) is 6.92 Å². The lowest BCUT2D eigenvalue weighted by molar-refractivity contribution is 0.171. The Bertz CT molecular complexity index is 93.0.